The molecule has 0 unspecified atom stereocenters. The van der Waals surface area contributed by atoms with E-state index >= 15 is 0 Å². The van der Waals surface area contributed by atoms with E-state index in [0.29, 0.717) is 24.2 Å². The number of amides is 2. The van der Waals surface area contributed by atoms with Gasteiger partial charge >= 0.3 is 11.9 Å². The minimum Gasteiger partial charge on any atom is -0.478 e. The molecule has 0 atom stereocenters. The third kappa shape index (κ3) is 9.55. The molecule has 2 rings (SSSR count). The number of hydrogen-bond acceptors (Lipinski definition) is 5. The summed E-state index contributed by atoms with van der Waals surface area (Å²) < 4.78 is 4.60. The number of ether oxygens (including phenoxy) is 1. The molecule has 8 nitrogen and oxygen atoms in total. The first-order valence-electron chi connectivity index (χ1n) is 10.9. The van der Waals surface area contributed by atoms with E-state index in [-0.39, 0.29) is 22.9 Å². The van der Waals surface area contributed by atoms with Gasteiger partial charge in [-0.05, 0) is 43.2 Å². The molecule has 0 aliphatic carbocycles. The lowest BCUT2D eigenvalue weighted by Gasteiger charge is -2.06. The number of esters is 1. The molecule has 0 saturated heterocycles. The summed E-state index contributed by atoms with van der Waals surface area (Å²) in [5, 5.41) is 14.4. The zero-order valence-corrected chi connectivity index (χ0v) is 19.3. The topological polar surface area (TPSA) is 122 Å². The van der Waals surface area contributed by atoms with Gasteiger partial charge in [-0.2, -0.15) is 0 Å². The summed E-state index contributed by atoms with van der Waals surface area (Å²) in [7, 11) is 1.32. The van der Waals surface area contributed by atoms with Gasteiger partial charge in [-0.25, -0.2) is 9.59 Å². The van der Waals surface area contributed by atoms with Gasteiger partial charge in [-0.1, -0.05) is 44.9 Å². The van der Waals surface area contributed by atoms with E-state index in [1.165, 1.54) is 25.3 Å². The Morgan fingerprint density at radius 3 is 1.88 bits per heavy atom. The molecule has 0 fully saturated rings. The Balaban J connectivity index is 0.000000331. The van der Waals surface area contributed by atoms with Crippen molar-refractivity contribution in [2.75, 3.05) is 20.2 Å². The SMILES string of the molecule is CCCCNC(=O)c1cccc(C(=O)OC)c1.CCCCNC(=O)c1ccccc1C(=O)O. The summed E-state index contributed by atoms with van der Waals surface area (Å²) in [6.07, 6.45) is 3.85. The summed E-state index contributed by atoms with van der Waals surface area (Å²) >= 11 is 0. The molecule has 0 saturated carbocycles. The zero-order valence-electron chi connectivity index (χ0n) is 19.3. The van der Waals surface area contributed by atoms with Crippen LogP contribution >= 0.6 is 0 Å². The Labute approximate surface area is 194 Å². The number of benzene rings is 2. The fraction of sp³-hybridized carbons (Fsp3) is 0.360. The summed E-state index contributed by atoms with van der Waals surface area (Å²) in [5.41, 5.74) is 1.11. The van der Waals surface area contributed by atoms with Crippen molar-refractivity contribution in [3.05, 3.63) is 70.8 Å². The van der Waals surface area contributed by atoms with Crippen LogP contribution in [0.3, 0.4) is 0 Å². The number of hydrogen-bond donors (Lipinski definition) is 3. The van der Waals surface area contributed by atoms with Crippen LogP contribution in [0.4, 0.5) is 0 Å². The molecule has 0 aliphatic rings. The number of aromatic carboxylic acids is 1. The number of unbranched alkanes of at least 4 members (excludes halogenated alkanes) is 2. The standard InChI is InChI=1S/C13H17NO3.C12H15NO3/c1-3-4-8-14-12(15)10-6-5-7-11(9-10)13(16)17-2;1-2-3-8-13-11(14)9-6-4-5-7-10(9)12(15)16/h5-7,9H,3-4,8H2,1-2H3,(H,14,15);4-7H,2-3,8H2,1H3,(H,13,14)(H,15,16). The van der Waals surface area contributed by atoms with E-state index in [9.17, 15) is 19.2 Å². The summed E-state index contributed by atoms with van der Waals surface area (Å²) in [4.78, 5) is 45.6. The molecule has 0 heterocycles. The molecule has 2 amide bonds. The van der Waals surface area contributed by atoms with Gasteiger partial charge in [0.15, 0.2) is 0 Å². The molecule has 0 spiro atoms. The Bertz CT molecular complexity index is 942. The number of rotatable bonds is 10. The van der Waals surface area contributed by atoms with E-state index in [1.54, 1.807) is 30.3 Å². The Kier molecular flexibility index (Phi) is 12.6. The van der Waals surface area contributed by atoms with Crippen LogP contribution in [-0.2, 0) is 4.74 Å². The van der Waals surface area contributed by atoms with Gasteiger partial charge in [0.2, 0.25) is 0 Å². The lowest BCUT2D eigenvalue weighted by molar-refractivity contribution is 0.0599. The van der Waals surface area contributed by atoms with Gasteiger partial charge in [-0.15, -0.1) is 0 Å². The number of carbonyl (C=O) groups excluding carboxylic acids is 3. The Hall–Kier alpha value is -3.68. The molecule has 8 heteroatoms. The molecule has 178 valence electrons. The van der Waals surface area contributed by atoms with Crippen LogP contribution in [0.1, 0.15) is 81.0 Å². The van der Waals surface area contributed by atoms with Gasteiger partial charge in [0, 0.05) is 18.7 Å². The van der Waals surface area contributed by atoms with Crippen molar-refractivity contribution in [3.63, 3.8) is 0 Å². The van der Waals surface area contributed by atoms with Crippen molar-refractivity contribution in [2.24, 2.45) is 0 Å². The monoisotopic (exact) mass is 456 g/mol. The molecule has 2 aromatic carbocycles. The van der Waals surface area contributed by atoms with Gasteiger partial charge in [0.25, 0.3) is 11.8 Å². The molecular weight excluding hydrogens is 424 g/mol. The second-order valence-electron chi connectivity index (χ2n) is 7.14. The van der Waals surface area contributed by atoms with Gasteiger partial charge in [0.1, 0.15) is 0 Å². The fourth-order valence-corrected chi connectivity index (χ4v) is 2.73. The molecular formula is C25H32N2O6. The first kappa shape index (κ1) is 27.4. The van der Waals surface area contributed by atoms with E-state index in [2.05, 4.69) is 22.3 Å². The van der Waals surface area contributed by atoms with Crippen molar-refractivity contribution in [3.8, 4) is 0 Å². The van der Waals surface area contributed by atoms with Crippen molar-refractivity contribution in [1.82, 2.24) is 10.6 Å². The maximum absolute atomic E-state index is 11.7. The maximum Gasteiger partial charge on any atom is 0.337 e. The second kappa shape index (κ2) is 15.2. The van der Waals surface area contributed by atoms with Crippen molar-refractivity contribution in [1.29, 1.82) is 0 Å². The van der Waals surface area contributed by atoms with Crippen molar-refractivity contribution in [2.45, 2.75) is 39.5 Å². The average molecular weight is 457 g/mol. The van der Waals surface area contributed by atoms with Crippen LogP contribution in [0.2, 0.25) is 0 Å². The van der Waals surface area contributed by atoms with Crippen LogP contribution in [0.15, 0.2) is 48.5 Å². The summed E-state index contributed by atoms with van der Waals surface area (Å²) in [6, 6.07) is 12.7. The molecule has 0 radical (unpaired) electrons. The normalized spacial score (nSPS) is 9.79. The number of nitrogens with one attached hydrogen (secondary N) is 2. The quantitative estimate of drug-likeness (QED) is 0.368. The molecule has 2 aromatic rings. The van der Waals surface area contributed by atoms with Gasteiger partial charge in [0.05, 0.1) is 23.8 Å². The number of carbonyl (C=O) groups is 4. The highest BCUT2D eigenvalue weighted by molar-refractivity contribution is 6.04. The molecule has 0 bridgehead atoms. The van der Waals surface area contributed by atoms with Crippen molar-refractivity contribution < 1.29 is 29.0 Å². The third-order valence-electron chi connectivity index (χ3n) is 4.58. The largest absolute Gasteiger partial charge is 0.478 e. The van der Waals surface area contributed by atoms with Crippen molar-refractivity contribution >= 4 is 23.8 Å². The van der Waals surface area contributed by atoms with Gasteiger partial charge in [-0.3, -0.25) is 9.59 Å². The van der Waals surface area contributed by atoms with E-state index in [0.717, 1.165) is 25.7 Å². The van der Waals surface area contributed by atoms with E-state index in [4.69, 9.17) is 5.11 Å². The third-order valence-corrected chi connectivity index (χ3v) is 4.58. The number of methoxy groups -OCH3 is 1. The maximum atomic E-state index is 11.7. The zero-order chi connectivity index (χ0) is 24.6. The summed E-state index contributed by atoms with van der Waals surface area (Å²) in [5.74, 6) is -2.01. The lowest BCUT2D eigenvalue weighted by Crippen LogP contribution is -2.26. The first-order chi connectivity index (χ1) is 15.8. The predicted molar refractivity (Wildman–Crippen MR) is 126 cm³/mol. The number of carboxylic acids is 1. The highest BCUT2D eigenvalue weighted by Gasteiger charge is 2.14. The Morgan fingerprint density at radius 2 is 1.33 bits per heavy atom. The van der Waals surface area contributed by atoms with Crippen LogP contribution in [0.5, 0.6) is 0 Å². The van der Waals surface area contributed by atoms with Crippen LogP contribution < -0.4 is 10.6 Å². The molecule has 3 N–H and O–H groups in total. The molecule has 0 aliphatic heterocycles. The van der Waals surface area contributed by atoms with Gasteiger partial charge < -0.3 is 20.5 Å². The molecule has 33 heavy (non-hydrogen) atoms. The lowest BCUT2D eigenvalue weighted by atomic mass is 10.1. The minimum atomic E-state index is -1.08. The number of carboxylic acid groups (broad SMARTS) is 1. The average Bonchev–Trinajstić information content (AvgIpc) is 2.84. The highest BCUT2D eigenvalue weighted by atomic mass is 16.5. The van der Waals surface area contributed by atoms with E-state index in [1.807, 2.05) is 6.92 Å². The molecule has 0 aromatic heterocycles. The predicted octanol–water partition coefficient (Wildman–Crippen LogP) is 3.92. The fourth-order valence-electron chi connectivity index (χ4n) is 2.73. The first-order valence-corrected chi connectivity index (χ1v) is 10.9. The highest BCUT2D eigenvalue weighted by Crippen LogP contribution is 2.09. The minimum absolute atomic E-state index is 0.0384. The second-order valence-corrected chi connectivity index (χ2v) is 7.14. The Morgan fingerprint density at radius 1 is 0.788 bits per heavy atom. The smallest absolute Gasteiger partial charge is 0.337 e. The summed E-state index contributed by atoms with van der Waals surface area (Å²) in [6.45, 7) is 5.31. The van der Waals surface area contributed by atoms with Crippen LogP contribution in [0.25, 0.3) is 0 Å². The van der Waals surface area contributed by atoms with Crippen LogP contribution in [-0.4, -0.2) is 49.1 Å². The van der Waals surface area contributed by atoms with Crippen LogP contribution in [0, 0.1) is 0 Å². The van der Waals surface area contributed by atoms with E-state index < -0.39 is 11.9 Å².